The highest BCUT2D eigenvalue weighted by Gasteiger charge is 2.49. The first-order chi connectivity index (χ1) is 12.9. The van der Waals surface area contributed by atoms with Gasteiger partial charge < -0.3 is 10.2 Å². The summed E-state index contributed by atoms with van der Waals surface area (Å²) in [7, 11) is 0. The van der Waals surface area contributed by atoms with Crippen molar-refractivity contribution in [3.63, 3.8) is 0 Å². The first-order valence-electron chi connectivity index (χ1n) is 8.93. The van der Waals surface area contributed by atoms with Gasteiger partial charge in [-0.25, -0.2) is 4.79 Å². The van der Waals surface area contributed by atoms with Crippen LogP contribution in [0.25, 0.3) is 0 Å². The van der Waals surface area contributed by atoms with Crippen LogP contribution in [0, 0.1) is 6.92 Å². The average molecular weight is 365 g/mol. The summed E-state index contributed by atoms with van der Waals surface area (Å²) in [5.74, 6) is -0.728. The number of nitrogens with one attached hydrogen (secondary N) is 1. The molecule has 0 unspecified atom stereocenters. The second-order valence-electron chi connectivity index (χ2n) is 6.79. The van der Waals surface area contributed by atoms with E-state index in [-0.39, 0.29) is 12.5 Å². The molecule has 140 valence electrons. The fraction of sp³-hybridized carbons (Fsp3) is 0.286. The Bertz CT molecular complexity index is 864. The number of hydrogen-bond acceptors (Lipinski definition) is 3. The Morgan fingerprint density at radius 1 is 1.07 bits per heavy atom. The molecule has 0 aliphatic carbocycles. The maximum atomic E-state index is 13.0. The van der Waals surface area contributed by atoms with Crippen LogP contribution in [0.3, 0.4) is 0 Å². The van der Waals surface area contributed by atoms with E-state index >= 15 is 0 Å². The first kappa shape index (κ1) is 18.6. The number of amides is 4. The van der Waals surface area contributed by atoms with Crippen molar-refractivity contribution < 1.29 is 14.4 Å². The number of imide groups is 1. The van der Waals surface area contributed by atoms with Crippen LogP contribution in [0.2, 0.25) is 0 Å². The molecule has 1 atom stereocenters. The van der Waals surface area contributed by atoms with E-state index in [1.165, 1.54) is 0 Å². The minimum absolute atomic E-state index is 0.297. The molecule has 6 heteroatoms. The Morgan fingerprint density at radius 3 is 2.30 bits per heavy atom. The van der Waals surface area contributed by atoms with Gasteiger partial charge in [-0.05, 0) is 38.5 Å². The van der Waals surface area contributed by atoms with Crippen LogP contribution in [-0.4, -0.2) is 35.8 Å². The summed E-state index contributed by atoms with van der Waals surface area (Å²) >= 11 is 0. The second kappa shape index (κ2) is 7.23. The van der Waals surface area contributed by atoms with E-state index < -0.39 is 17.5 Å². The van der Waals surface area contributed by atoms with Crippen LogP contribution < -0.4 is 10.2 Å². The highest BCUT2D eigenvalue weighted by molar-refractivity contribution is 6.10. The molecule has 0 bridgehead atoms. The number of para-hydroxylation sites is 1. The van der Waals surface area contributed by atoms with Gasteiger partial charge in [-0.2, -0.15) is 0 Å². The summed E-state index contributed by atoms with van der Waals surface area (Å²) in [4.78, 5) is 40.7. The fourth-order valence-electron chi connectivity index (χ4n) is 3.25. The molecule has 27 heavy (non-hydrogen) atoms. The summed E-state index contributed by atoms with van der Waals surface area (Å²) in [6.45, 7) is 5.62. The van der Waals surface area contributed by atoms with Crippen molar-refractivity contribution in [3.8, 4) is 0 Å². The topological polar surface area (TPSA) is 69.7 Å². The zero-order valence-electron chi connectivity index (χ0n) is 15.7. The van der Waals surface area contributed by atoms with Crippen LogP contribution in [-0.2, 0) is 15.1 Å². The molecule has 0 aromatic heterocycles. The van der Waals surface area contributed by atoms with E-state index in [0.29, 0.717) is 12.1 Å². The number of nitrogens with zero attached hydrogens (tertiary/aromatic N) is 2. The molecule has 1 heterocycles. The van der Waals surface area contributed by atoms with Crippen LogP contribution in [0.4, 0.5) is 10.5 Å². The third-order valence-electron chi connectivity index (χ3n) is 4.88. The molecule has 1 fully saturated rings. The summed E-state index contributed by atoms with van der Waals surface area (Å²) in [5.41, 5.74) is 1.32. The molecule has 4 amide bonds. The molecule has 6 nitrogen and oxygen atoms in total. The van der Waals surface area contributed by atoms with E-state index in [2.05, 4.69) is 5.32 Å². The number of likely N-dealkylation sites (N-methyl/N-ethyl adjacent to an activating group) is 1. The number of anilines is 1. The van der Waals surface area contributed by atoms with E-state index in [1.807, 2.05) is 68.4 Å². The maximum absolute atomic E-state index is 13.0. The lowest BCUT2D eigenvalue weighted by atomic mass is 9.91. The molecular formula is C21H23N3O3. The number of carbonyl (C=O) groups is 3. The molecule has 0 saturated carbocycles. The molecule has 1 aliphatic rings. The monoisotopic (exact) mass is 365 g/mol. The Labute approximate surface area is 158 Å². The van der Waals surface area contributed by atoms with E-state index in [1.54, 1.807) is 11.8 Å². The Morgan fingerprint density at radius 2 is 1.70 bits per heavy atom. The lowest BCUT2D eigenvalue weighted by Crippen LogP contribution is -2.44. The summed E-state index contributed by atoms with van der Waals surface area (Å²) in [6, 6.07) is 16.1. The molecule has 2 aromatic rings. The minimum Gasteiger partial charge on any atom is -0.319 e. The highest BCUT2D eigenvalue weighted by atomic mass is 16.2. The van der Waals surface area contributed by atoms with Gasteiger partial charge in [0.15, 0.2) is 0 Å². The summed E-state index contributed by atoms with van der Waals surface area (Å²) < 4.78 is 0. The van der Waals surface area contributed by atoms with Crippen molar-refractivity contribution in [2.24, 2.45) is 0 Å². The Balaban J connectivity index is 1.81. The van der Waals surface area contributed by atoms with Gasteiger partial charge in [-0.1, -0.05) is 48.0 Å². The molecule has 1 N–H and O–H groups in total. The number of hydrogen-bond donors (Lipinski definition) is 1. The zero-order valence-corrected chi connectivity index (χ0v) is 15.7. The molecule has 3 rings (SSSR count). The Hall–Kier alpha value is -3.15. The van der Waals surface area contributed by atoms with Gasteiger partial charge in [-0.15, -0.1) is 0 Å². The minimum atomic E-state index is -1.17. The largest absolute Gasteiger partial charge is 0.325 e. The smallest absolute Gasteiger partial charge is 0.319 e. The standard InChI is InChI=1S/C21H23N3O3/c1-4-23(17-8-6-5-7-9-17)18(25)14-24-19(26)21(3,22-20(24)27)16-12-10-15(2)11-13-16/h5-13H,4,14H2,1-3H3,(H,22,27)/t21-/m0/s1. The fourth-order valence-corrected chi connectivity index (χ4v) is 3.25. The van der Waals surface area contributed by atoms with Crippen LogP contribution in [0.15, 0.2) is 54.6 Å². The predicted octanol–water partition coefficient (Wildman–Crippen LogP) is 2.82. The number of carbonyl (C=O) groups excluding carboxylic acids is 3. The molecule has 2 aromatic carbocycles. The summed E-state index contributed by atoms with van der Waals surface area (Å²) in [6.07, 6.45) is 0. The van der Waals surface area contributed by atoms with Gasteiger partial charge >= 0.3 is 6.03 Å². The first-order valence-corrected chi connectivity index (χ1v) is 8.93. The van der Waals surface area contributed by atoms with Crippen molar-refractivity contribution in [1.82, 2.24) is 10.2 Å². The lowest BCUT2D eigenvalue weighted by Gasteiger charge is -2.24. The average Bonchev–Trinajstić information content (AvgIpc) is 2.88. The third kappa shape index (κ3) is 3.43. The number of benzene rings is 2. The van der Waals surface area contributed by atoms with Crippen LogP contribution in [0.5, 0.6) is 0 Å². The molecule has 1 saturated heterocycles. The lowest BCUT2D eigenvalue weighted by molar-refractivity contribution is -0.134. The highest BCUT2D eigenvalue weighted by Crippen LogP contribution is 2.29. The zero-order chi connectivity index (χ0) is 19.6. The van der Waals surface area contributed by atoms with Crippen LogP contribution >= 0.6 is 0 Å². The van der Waals surface area contributed by atoms with Crippen molar-refractivity contribution in [3.05, 3.63) is 65.7 Å². The van der Waals surface area contributed by atoms with Crippen molar-refractivity contribution >= 4 is 23.5 Å². The van der Waals surface area contributed by atoms with Gasteiger partial charge in [-0.3, -0.25) is 14.5 Å². The summed E-state index contributed by atoms with van der Waals surface area (Å²) in [5, 5.41) is 2.73. The predicted molar refractivity (Wildman–Crippen MR) is 103 cm³/mol. The normalized spacial score (nSPS) is 19.1. The molecular weight excluding hydrogens is 342 g/mol. The molecule has 1 aliphatic heterocycles. The number of aryl methyl sites for hydroxylation is 1. The number of rotatable bonds is 5. The third-order valence-corrected chi connectivity index (χ3v) is 4.88. The maximum Gasteiger partial charge on any atom is 0.325 e. The molecule has 0 radical (unpaired) electrons. The quantitative estimate of drug-likeness (QED) is 0.829. The van der Waals surface area contributed by atoms with Gasteiger partial charge in [0.25, 0.3) is 5.91 Å². The van der Waals surface area contributed by atoms with E-state index in [0.717, 1.165) is 16.2 Å². The Kier molecular flexibility index (Phi) is 4.99. The van der Waals surface area contributed by atoms with Crippen LogP contribution in [0.1, 0.15) is 25.0 Å². The van der Waals surface area contributed by atoms with Crippen molar-refractivity contribution in [2.45, 2.75) is 26.3 Å². The SMILES string of the molecule is CCN(C(=O)CN1C(=O)N[C@@](C)(c2ccc(C)cc2)C1=O)c1ccccc1. The van der Waals surface area contributed by atoms with Gasteiger partial charge in [0.05, 0.1) is 0 Å². The van der Waals surface area contributed by atoms with Gasteiger partial charge in [0.1, 0.15) is 12.1 Å². The molecule has 0 spiro atoms. The van der Waals surface area contributed by atoms with E-state index in [9.17, 15) is 14.4 Å². The van der Waals surface area contributed by atoms with Crippen molar-refractivity contribution in [2.75, 3.05) is 18.0 Å². The second-order valence-corrected chi connectivity index (χ2v) is 6.79. The number of urea groups is 1. The van der Waals surface area contributed by atoms with Gasteiger partial charge in [0, 0.05) is 12.2 Å². The van der Waals surface area contributed by atoms with Gasteiger partial charge in [0.2, 0.25) is 5.91 Å². The van der Waals surface area contributed by atoms with E-state index in [4.69, 9.17) is 0 Å². The van der Waals surface area contributed by atoms with Crippen molar-refractivity contribution in [1.29, 1.82) is 0 Å².